The van der Waals surface area contributed by atoms with E-state index in [-0.39, 0.29) is 6.10 Å². The highest BCUT2D eigenvalue weighted by atomic mass is 32.2. The highest BCUT2D eigenvalue weighted by Crippen LogP contribution is 2.41. The van der Waals surface area contributed by atoms with Crippen LogP contribution in [0.4, 0.5) is 0 Å². The zero-order chi connectivity index (χ0) is 9.03. The molecule has 0 heterocycles. The van der Waals surface area contributed by atoms with Crippen LogP contribution in [0.1, 0.15) is 26.2 Å². The summed E-state index contributed by atoms with van der Waals surface area (Å²) in [5.41, 5.74) is 0. The van der Waals surface area contributed by atoms with Gasteiger partial charge < -0.3 is 10.4 Å². The molecule has 0 radical (unpaired) electrons. The number of hydrogen-bond donors (Lipinski definition) is 2. The molecule has 1 fully saturated rings. The fourth-order valence-electron chi connectivity index (χ4n) is 1.53. The van der Waals surface area contributed by atoms with Gasteiger partial charge in [-0.1, -0.05) is 6.42 Å². The molecule has 0 aliphatic heterocycles. The second-order valence-electron chi connectivity index (χ2n) is 3.72. The average molecular weight is 189 g/mol. The maximum Gasteiger partial charge on any atom is 0.0636 e. The summed E-state index contributed by atoms with van der Waals surface area (Å²) in [6, 6.07) is 0. The third-order valence-corrected chi connectivity index (χ3v) is 4.00. The Kier molecular flexibility index (Phi) is 3.87. The van der Waals surface area contributed by atoms with Crippen LogP contribution in [0.3, 0.4) is 0 Å². The van der Waals surface area contributed by atoms with Crippen LogP contribution in [-0.2, 0) is 0 Å². The first-order valence-corrected chi connectivity index (χ1v) is 5.85. The zero-order valence-electron chi connectivity index (χ0n) is 7.97. The molecule has 72 valence electrons. The van der Waals surface area contributed by atoms with E-state index in [9.17, 15) is 0 Å². The maximum atomic E-state index is 9.04. The predicted molar refractivity (Wildman–Crippen MR) is 54.6 cm³/mol. The molecule has 0 aromatic rings. The number of rotatable bonds is 5. The van der Waals surface area contributed by atoms with E-state index in [2.05, 4.69) is 11.6 Å². The van der Waals surface area contributed by atoms with Crippen LogP contribution in [0.2, 0.25) is 0 Å². The van der Waals surface area contributed by atoms with E-state index in [0.29, 0.717) is 4.75 Å². The third kappa shape index (κ3) is 2.64. The van der Waals surface area contributed by atoms with Crippen LogP contribution in [0.15, 0.2) is 0 Å². The van der Waals surface area contributed by atoms with Gasteiger partial charge in [0.2, 0.25) is 0 Å². The van der Waals surface area contributed by atoms with Crippen LogP contribution in [-0.4, -0.2) is 35.3 Å². The van der Waals surface area contributed by atoms with Crippen molar-refractivity contribution >= 4 is 11.8 Å². The van der Waals surface area contributed by atoms with E-state index < -0.39 is 0 Å². The third-order valence-electron chi connectivity index (χ3n) is 2.58. The molecular weight excluding hydrogens is 170 g/mol. The lowest BCUT2D eigenvalue weighted by Gasteiger charge is -2.40. The number of aliphatic hydroxyl groups is 1. The molecule has 0 bridgehead atoms. The summed E-state index contributed by atoms with van der Waals surface area (Å²) in [4.78, 5) is 0. The Bertz CT molecular complexity index is 129. The lowest BCUT2D eigenvalue weighted by atomic mass is 9.84. The second kappa shape index (κ2) is 4.49. The fourth-order valence-corrected chi connectivity index (χ4v) is 2.48. The largest absolute Gasteiger partial charge is 0.392 e. The number of nitrogens with one attached hydrogen (secondary N) is 1. The van der Waals surface area contributed by atoms with Crippen molar-refractivity contribution in [1.82, 2.24) is 5.32 Å². The van der Waals surface area contributed by atoms with Gasteiger partial charge in [0.05, 0.1) is 6.10 Å². The van der Waals surface area contributed by atoms with Crippen molar-refractivity contribution in [2.75, 3.05) is 19.3 Å². The minimum absolute atomic E-state index is 0.219. The van der Waals surface area contributed by atoms with Crippen molar-refractivity contribution in [2.24, 2.45) is 0 Å². The van der Waals surface area contributed by atoms with E-state index in [1.54, 1.807) is 0 Å². The molecule has 1 rings (SSSR count). The average Bonchev–Trinajstić information content (AvgIpc) is 1.94. The Morgan fingerprint density at radius 3 is 2.58 bits per heavy atom. The Balaban J connectivity index is 2.12. The fraction of sp³-hybridized carbons (Fsp3) is 1.00. The summed E-state index contributed by atoms with van der Waals surface area (Å²) in [7, 11) is 0. The Morgan fingerprint density at radius 2 is 2.25 bits per heavy atom. The molecule has 0 spiro atoms. The van der Waals surface area contributed by atoms with Gasteiger partial charge in [-0.2, -0.15) is 11.8 Å². The van der Waals surface area contributed by atoms with Gasteiger partial charge in [-0.15, -0.1) is 0 Å². The Labute approximate surface area is 79.1 Å². The van der Waals surface area contributed by atoms with Crippen LogP contribution in [0.25, 0.3) is 0 Å². The molecule has 1 atom stereocenters. The van der Waals surface area contributed by atoms with Crippen LogP contribution < -0.4 is 5.32 Å². The standard InChI is InChI=1S/C9H19NOS/c1-8(11)6-10-7-9(12-2)4-3-5-9/h8,10-11H,3-7H2,1-2H3. The second-order valence-corrected chi connectivity index (χ2v) is 4.99. The van der Waals surface area contributed by atoms with Gasteiger partial charge >= 0.3 is 0 Å². The first kappa shape index (κ1) is 10.4. The van der Waals surface area contributed by atoms with Gasteiger partial charge in [0.15, 0.2) is 0 Å². The molecule has 0 aromatic carbocycles. The van der Waals surface area contributed by atoms with Gasteiger partial charge in [0.25, 0.3) is 0 Å². The lowest BCUT2D eigenvalue weighted by molar-refractivity contribution is 0.187. The minimum atomic E-state index is -0.219. The van der Waals surface area contributed by atoms with Crippen LogP contribution in [0.5, 0.6) is 0 Å². The van der Waals surface area contributed by atoms with Crippen molar-refractivity contribution in [3.8, 4) is 0 Å². The molecule has 0 aromatic heterocycles. The van der Waals surface area contributed by atoms with Crippen molar-refractivity contribution in [1.29, 1.82) is 0 Å². The molecular formula is C9H19NOS. The van der Waals surface area contributed by atoms with Gasteiger partial charge in [0, 0.05) is 17.8 Å². The van der Waals surface area contributed by atoms with Crippen LogP contribution >= 0.6 is 11.8 Å². The summed E-state index contributed by atoms with van der Waals surface area (Å²) in [5, 5.41) is 12.4. The van der Waals surface area contributed by atoms with Crippen molar-refractivity contribution in [3.63, 3.8) is 0 Å². The summed E-state index contributed by atoms with van der Waals surface area (Å²) in [6.45, 7) is 3.60. The lowest BCUT2D eigenvalue weighted by Crippen LogP contribution is -2.44. The first-order chi connectivity index (χ1) is 5.68. The molecule has 12 heavy (non-hydrogen) atoms. The van der Waals surface area contributed by atoms with Crippen molar-refractivity contribution in [2.45, 2.75) is 37.0 Å². The Hall–Kier alpha value is 0.270. The maximum absolute atomic E-state index is 9.04. The topological polar surface area (TPSA) is 32.3 Å². The number of aliphatic hydroxyl groups excluding tert-OH is 1. The van der Waals surface area contributed by atoms with E-state index in [0.717, 1.165) is 13.1 Å². The molecule has 2 nitrogen and oxygen atoms in total. The van der Waals surface area contributed by atoms with E-state index in [4.69, 9.17) is 5.11 Å². The highest BCUT2D eigenvalue weighted by Gasteiger charge is 2.35. The smallest absolute Gasteiger partial charge is 0.0636 e. The van der Waals surface area contributed by atoms with Gasteiger partial charge in [-0.05, 0) is 26.0 Å². The van der Waals surface area contributed by atoms with E-state index in [1.807, 2.05) is 18.7 Å². The summed E-state index contributed by atoms with van der Waals surface area (Å²) >= 11 is 1.97. The van der Waals surface area contributed by atoms with E-state index in [1.165, 1.54) is 19.3 Å². The zero-order valence-corrected chi connectivity index (χ0v) is 8.78. The monoisotopic (exact) mass is 189 g/mol. The number of thioether (sulfide) groups is 1. The summed E-state index contributed by atoms with van der Waals surface area (Å²) < 4.78 is 0.495. The molecule has 1 unspecified atom stereocenters. The molecule has 3 heteroatoms. The van der Waals surface area contributed by atoms with Crippen LogP contribution in [0, 0.1) is 0 Å². The quantitative estimate of drug-likeness (QED) is 0.682. The van der Waals surface area contributed by atoms with E-state index >= 15 is 0 Å². The summed E-state index contributed by atoms with van der Waals surface area (Å²) in [5.74, 6) is 0. The normalized spacial score (nSPS) is 23.2. The van der Waals surface area contributed by atoms with Gasteiger partial charge in [0.1, 0.15) is 0 Å². The molecule has 0 saturated heterocycles. The molecule has 2 N–H and O–H groups in total. The molecule has 0 amide bonds. The Morgan fingerprint density at radius 1 is 1.58 bits per heavy atom. The first-order valence-electron chi connectivity index (χ1n) is 4.62. The number of hydrogen-bond acceptors (Lipinski definition) is 3. The predicted octanol–water partition coefficient (Wildman–Crippen LogP) is 1.24. The summed E-state index contributed by atoms with van der Waals surface area (Å²) in [6.07, 6.45) is 6.01. The van der Waals surface area contributed by atoms with Crippen molar-refractivity contribution in [3.05, 3.63) is 0 Å². The van der Waals surface area contributed by atoms with Gasteiger partial charge in [-0.3, -0.25) is 0 Å². The molecule has 1 saturated carbocycles. The highest BCUT2D eigenvalue weighted by molar-refractivity contribution is 8.00. The molecule has 1 aliphatic carbocycles. The minimum Gasteiger partial charge on any atom is -0.392 e. The van der Waals surface area contributed by atoms with Gasteiger partial charge in [-0.25, -0.2) is 0 Å². The SMILES string of the molecule is CSC1(CNCC(C)O)CCC1. The molecule has 1 aliphatic rings. The van der Waals surface area contributed by atoms with Crippen molar-refractivity contribution < 1.29 is 5.11 Å².